The van der Waals surface area contributed by atoms with Gasteiger partial charge in [0.25, 0.3) is 0 Å². The minimum Gasteiger partial charge on any atom is -0.327 e. The van der Waals surface area contributed by atoms with E-state index in [2.05, 4.69) is 10.3 Å². The highest BCUT2D eigenvalue weighted by molar-refractivity contribution is 5.92. The van der Waals surface area contributed by atoms with Crippen molar-refractivity contribution >= 4 is 36.4 Å². The van der Waals surface area contributed by atoms with Crippen molar-refractivity contribution in [3.63, 3.8) is 0 Å². The molecular weight excluding hydrogens is 309 g/mol. The van der Waals surface area contributed by atoms with Crippen LogP contribution >= 0.6 is 24.8 Å². The number of amides is 1. The van der Waals surface area contributed by atoms with Gasteiger partial charge in [-0.3, -0.25) is 9.78 Å². The Bertz CT molecular complexity index is 443. The predicted molar refractivity (Wildman–Crippen MR) is 88.9 cm³/mol. The van der Waals surface area contributed by atoms with Crippen molar-refractivity contribution < 1.29 is 4.79 Å². The van der Waals surface area contributed by atoms with E-state index in [1.807, 2.05) is 12.1 Å². The fourth-order valence-corrected chi connectivity index (χ4v) is 3.68. The molecule has 2 bridgehead atoms. The number of fused-ring (bicyclic) bond motifs is 2. The summed E-state index contributed by atoms with van der Waals surface area (Å²) in [5.74, 6) is 1.33. The topological polar surface area (TPSA) is 68.0 Å². The maximum atomic E-state index is 12.3. The Kier molecular flexibility index (Phi) is 6.91. The summed E-state index contributed by atoms with van der Waals surface area (Å²) in [5.41, 5.74) is 7.04. The number of halogens is 2. The van der Waals surface area contributed by atoms with Crippen molar-refractivity contribution in [2.24, 2.45) is 23.5 Å². The molecule has 0 radical (unpaired) electrons. The number of carbonyl (C=O) groups is 1. The first-order valence-corrected chi connectivity index (χ1v) is 7.20. The molecule has 6 heteroatoms. The standard InChI is InChI=1S/C15H21N3O.2ClH/c16-14-10-3-1-4-11(14)8-12(7-10)15(19)18-13-5-2-6-17-9-13;;/h2,5-6,9-12,14H,1,3-4,7-8,16H2,(H,18,19);2*1H. The van der Waals surface area contributed by atoms with Gasteiger partial charge in [-0.2, -0.15) is 0 Å². The summed E-state index contributed by atoms with van der Waals surface area (Å²) in [4.78, 5) is 16.3. The largest absolute Gasteiger partial charge is 0.327 e. The third-order valence-electron chi connectivity index (χ3n) is 4.71. The zero-order valence-corrected chi connectivity index (χ0v) is 13.5. The van der Waals surface area contributed by atoms with E-state index < -0.39 is 0 Å². The van der Waals surface area contributed by atoms with Crippen LogP contribution in [0.5, 0.6) is 0 Å². The summed E-state index contributed by atoms with van der Waals surface area (Å²) >= 11 is 0. The van der Waals surface area contributed by atoms with E-state index in [0.29, 0.717) is 17.9 Å². The van der Waals surface area contributed by atoms with Gasteiger partial charge in [-0.05, 0) is 49.7 Å². The summed E-state index contributed by atoms with van der Waals surface area (Å²) in [6.07, 6.45) is 8.95. The second-order valence-corrected chi connectivity index (χ2v) is 5.93. The molecule has 21 heavy (non-hydrogen) atoms. The molecule has 0 aliphatic heterocycles. The number of anilines is 1. The van der Waals surface area contributed by atoms with Crippen LogP contribution in [0.1, 0.15) is 32.1 Å². The van der Waals surface area contributed by atoms with E-state index in [1.54, 1.807) is 12.4 Å². The number of pyridine rings is 1. The van der Waals surface area contributed by atoms with Gasteiger partial charge in [-0.25, -0.2) is 0 Å². The Morgan fingerprint density at radius 2 is 1.90 bits per heavy atom. The van der Waals surface area contributed by atoms with Crippen molar-refractivity contribution in [1.82, 2.24) is 4.98 Å². The molecule has 1 aromatic heterocycles. The number of hydrogen-bond donors (Lipinski definition) is 2. The number of nitrogens with one attached hydrogen (secondary N) is 1. The van der Waals surface area contributed by atoms with Crippen molar-refractivity contribution in [3.05, 3.63) is 24.5 Å². The lowest BCUT2D eigenvalue weighted by atomic mass is 9.65. The smallest absolute Gasteiger partial charge is 0.227 e. The van der Waals surface area contributed by atoms with Gasteiger partial charge in [0.1, 0.15) is 0 Å². The molecule has 3 N–H and O–H groups in total. The molecule has 0 saturated heterocycles. The summed E-state index contributed by atoms with van der Waals surface area (Å²) in [6, 6.07) is 4.03. The lowest BCUT2D eigenvalue weighted by Gasteiger charge is -2.43. The molecule has 3 rings (SSSR count). The summed E-state index contributed by atoms with van der Waals surface area (Å²) in [6.45, 7) is 0. The number of nitrogens with zero attached hydrogens (tertiary/aromatic N) is 1. The van der Waals surface area contributed by atoms with E-state index in [9.17, 15) is 4.79 Å². The summed E-state index contributed by atoms with van der Waals surface area (Å²) in [5, 5.41) is 2.97. The minimum absolute atomic E-state index is 0. The van der Waals surface area contributed by atoms with Crippen LogP contribution in [0.15, 0.2) is 24.5 Å². The van der Waals surface area contributed by atoms with Gasteiger partial charge in [0, 0.05) is 18.2 Å². The zero-order chi connectivity index (χ0) is 13.2. The van der Waals surface area contributed by atoms with Crippen molar-refractivity contribution in [1.29, 1.82) is 0 Å². The summed E-state index contributed by atoms with van der Waals surface area (Å²) in [7, 11) is 0. The molecule has 0 aromatic carbocycles. The van der Waals surface area contributed by atoms with Crippen LogP contribution in [0.3, 0.4) is 0 Å². The van der Waals surface area contributed by atoms with Gasteiger partial charge in [0.15, 0.2) is 0 Å². The Hall–Kier alpha value is -0.840. The number of carbonyl (C=O) groups excluding carboxylic acids is 1. The molecule has 2 saturated carbocycles. The third kappa shape index (κ3) is 4.09. The van der Waals surface area contributed by atoms with E-state index >= 15 is 0 Å². The average molecular weight is 332 g/mol. The molecule has 2 aliphatic rings. The predicted octanol–water partition coefficient (Wildman–Crippen LogP) is 3.02. The van der Waals surface area contributed by atoms with E-state index in [0.717, 1.165) is 18.5 Å². The first-order valence-electron chi connectivity index (χ1n) is 7.20. The molecule has 2 fully saturated rings. The fraction of sp³-hybridized carbons (Fsp3) is 0.600. The second-order valence-electron chi connectivity index (χ2n) is 5.93. The van der Waals surface area contributed by atoms with E-state index in [-0.39, 0.29) is 36.6 Å². The van der Waals surface area contributed by atoms with Crippen LogP contribution in [0.2, 0.25) is 0 Å². The molecule has 1 amide bonds. The second kappa shape index (κ2) is 7.97. The maximum absolute atomic E-state index is 12.3. The molecule has 2 unspecified atom stereocenters. The number of aromatic nitrogens is 1. The lowest BCUT2D eigenvalue weighted by molar-refractivity contribution is -0.122. The van der Waals surface area contributed by atoms with Gasteiger partial charge in [-0.15, -0.1) is 24.8 Å². The van der Waals surface area contributed by atoms with Crippen LogP contribution in [0.4, 0.5) is 5.69 Å². The van der Waals surface area contributed by atoms with Crippen LogP contribution in [0.25, 0.3) is 0 Å². The minimum atomic E-state index is 0. The van der Waals surface area contributed by atoms with Crippen molar-refractivity contribution in [2.75, 3.05) is 5.32 Å². The van der Waals surface area contributed by atoms with Crippen LogP contribution in [-0.4, -0.2) is 16.9 Å². The highest BCUT2D eigenvalue weighted by Gasteiger charge is 2.40. The van der Waals surface area contributed by atoms with Crippen LogP contribution in [-0.2, 0) is 4.79 Å². The van der Waals surface area contributed by atoms with Crippen molar-refractivity contribution in [2.45, 2.75) is 38.1 Å². The van der Waals surface area contributed by atoms with Gasteiger partial charge >= 0.3 is 0 Å². The molecule has 2 aliphatic carbocycles. The average Bonchev–Trinajstić information content (AvgIpc) is 2.39. The van der Waals surface area contributed by atoms with Gasteiger partial charge in [0.05, 0.1) is 11.9 Å². The highest BCUT2D eigenvalue weighted by atomic mass is 35.5. The van der Waals surface area contributed by atoms with E-state index in [1.165, 1.54) is 19.3 Å². The van der Waals surface area contributed by atoms with Gasteiger partial charge < -0.3 is 11.1 Å². The summed E-state index contributed by atoms with van der Waals surface area (Å²) < 4.78 is 0. The highest BCUT2D eigenvalue weighted by Crippen LogP contribution is 2.42. The van der Waals surface area contributed by atoms with E-state index in [4.69, 9.17) is 5.73 Å². The van der Waals surface area contributed by atoms with Crippen molar-refractivity contribution in [3.8, 4) is 0 Å². The fourth-order valence-electron chi connectivity index (χ4n) is 3.68. The quantitative estimate of drug-likeness (QED) is 0.875. The monoisotopic (exact) mass is 331 g/mol. The first-order chi connectivity index (χ1) is 9.24. The number of rotatable bonds is 2. The molecule has 1 aromatic rings. The van der Waals surface area contributed by atoms with Crippen LogP contribution < -0.4 is 11.1 Å². The maximum Gasteiger partial charge on any atom is 0.227 e. The molecule has 0 spiro atoms. The van der Waals surface area contributed by atoms with Crippen LogP contribution in [0, 0.1) is 17.8 Å². The Balaban J connectivity index is 0.00000110. The molecular formula is C15H23Cl2N3O. The SMILES string of the molecule is Cl.Cl.NC1C2CCCC1CC(C(=O)Nc1cccnc1)C2. The molecule has 1 heterocycles. The lowest BCUT2D eigenvalue weighted by Crippen LogP contribution is -2.48. The van der Waals surface area contributed by atoms with Gasteiger partial charge in [-0.1, -0.05) is 6.42 Å². The Morgan fingerprint density at radius 1 is 1.24 bits per heavy atom. The molecule has 118 valence electrons. The number of nitrogens with two attached hydrogens (primary N) is 1. The molecule has 2 atom stereocenters. The third-order valence-corrected chi connectivity index (χ3v) is 4.71. The normalized spacial score (nSPS) is 30.5. The number of hydrogen-bond acceptors (Lipinski definition) is 3. The van der Waals surface area contributed by atoms with Gasteiger partial charge in [0.2, 0.25) is 5.91 Å². The molecule has 4 nitrogen and oxygen atoms in total. The first kappa shape index (κ1) is 18.2. The zero-order valence-electron chi connectivity index (χ0n) is 11.9. The Morgan fingerprint density at radius 3 is 2.48 bits per heavy atom. The Labute approximate surface area is 138 Å².